The molecule has 0 aromatic carbocycles. The molecule has 2 N–H and O–H groups in total. The number of morpholine rings is 1. The van der Waals surface area contributed by atoms with Gasteiger partial charge < -0.3 is 10.1 Å². The molecule has 1 aliphatic rings. The van der Waals surface area contributed by atoms with E-state index in [1.807, 2.05) is 0 Å². The summed E-state index contributed by atoms with van der Waals surface area (Å²) in [7, 11) is 0. The second-order valence-electron chi connectivity index (χ2n) is 2.54. The Morgan fingerprint density at radius 3 is 3.08 bits per heavy atom. The van der Waals surface area contributed by atoms with Gasteiger partial charge in [-0.1, -0.05) is 5.16 Å². The summed E-state index contributed by atoms with van der Waals surface area (Å²) < 4.78 is 9.67. The topological polar surface area (TPSA) is 80.2 Å². The first-order chi connectivity index (χ1) is 5.86. The Labute approximate surface area is 67.9 Å². The molecule has 1 aromatic heterocycles. The van der Waals surface area contributed by atoms with Gasteiger partial charge in [0.05, 0.1) is 6.61 Å². The molecule has 1 aliphatic heterocycles. The molecule has 2 rings (SSSR count). The van der Waals surface area contributed by atoms with Gasteiger partial charge in [0, 0.05) is 13.1 Å². The van der Waals surface area contributed by atoms with E-state index >= 15 is 0 Å². The molecule has 1 fully saturated rings. The smallest absolute Gasteiger partial charge is 0.367 e. The van der Waals surface area contributed by atoms with Crippen molar-refractivity contribution in [2.75, 3.05) is 19.7 Å². The van der Waals surface area contributed by atoms with Crippen LogP contribution >= 0.6 is 0 Å². The summed E-state index contributed by atoms with van der Waals surface area (Å²) in [5.74, 6) is -0.0913. The van der Waals surface area contributed by atoms with Crippen LogP contribution in [0.5, 0.6) is 0 Å². The summed E-state index contributed by atoms with van der Waals surface area (Å²) in [6.07, 6.45) is -0.190. The van der Waals surface area contributed by atoms with E-state index in [0.717, 1.165) is 6.54 Å². The maximum atomic E-state index is 10.6. The van der Waals surface area contributed by atoms with E-state index in [0.29, 0.717) is 19.0 Å². The highest BCUT2D eigenvalue weighted by atomic mass is 16.5. The van der Waals surface area contributed by atoms with Crippen LogP contribution in [0.25, 0.3) is 0 Å². The molecule has 2 heterocycles. The summed E-state index contributed by atoms with van der Waals surface area (Å²) >= 11 is 0. The minimum absolute atomic E-state index is 0.190. The summed E-state index contributed by atoms with van der Waals surface area (Å²) in [5.41, 5.74) is 0. The summed E-state index contributed by atoms with van der Waals surface area (Å²) in [5, 5.41) is 6.65. The zero-order valence-electron chi connectivity index (χ0n) is 6.37. The van der Waals surface area contributed by atoms with Crippen LogP contribution in [0.15, 0.2) is 9.32 Å². The molecule has 0 radical (unpaired) electrons. The number of hydrogen-bond donors (Lipinski definition) is 2. The minimum Gasteiger partial charge on any atom is -0.367 e. The Balaban J connectivity index is 2.13. The Morgan fingerprint density at radius 1 is 1.58 bits per heavy atom. The lowest BCUT2D eigenvalue weighted by Gasteiger charge is -2.20. The van der Waals surface area contributed by atoms with E-state index in [9.17, 15) is 4.79 Å². The highest BCUT2D eigenvalue weighted by Gasteiger charge is 2.19. The van der Waals surface area contributed by atoms with Gasteiger partial charge in [0.25, 0.3) is 0 Å². The zero-order chi connectivity index (χ0) is 8.39. The van der Waals surface area contributed by atoms with Crippen molar-refractivity contribution >= 4 is 0 Å². The maximum absolute atomic E-state index is 10.6. The lowest BCUT2D eigenvalue weighted by molar-refractivity contribution is 0.0208. The van der Waals surface area contributed by atoms with Crippen LogP contribution in [0.2, 0.25) is 0 Å². The highest BCUT2D eigenvalue weighted by molar-refractivity contribution is 4.88. The van der Waals surface area contributed by atoms with Gasteiger partial charge in [-0.25, -0.2) is 4.79 Å². The standard InChI is InChI=1S/C6H9N3O3/c10-6-8-5(9-12-6)4-3-7-1-2-11-4/h4,7H,1-3H2,(H,8,9,10). The molecular weight excluding hydrogens is 162 g/mol. The summed E-state index contributed by atoms with van der Waals surface area (Å²) in [6, 6.07) is 0. The van der Waals surface area contributed by atoms with Crippen molar-refractivity contribution in [1.82, 2.24) is 15.5 Å². The number of hydrogen-bond acceptors (Lipinski definition) is 5. The highest BCUT2D eigenvalue weighted by Crippen LogP contribution is 2.11. The van der Waals surface area contributed by atoms with Crippen LogP contribution in [0, 0.1) is 0 Å². The van der Waals surface area contributed by atoms with Gasteiger partial charge in [0.15, 0.2) is 5.82 Å². The zero-order valence-corrected chi connectivity index (χ0v) is 6.37. The lowest BCUT2D eigenvalue weighted by atomic mass is 10.3. The Hall–Kier alpha value is -1.14. The second kappa shape index (κ2) is 3.08. The van der Waals surface area contributed by atoms with E-state index in [1.54, 1.807) is 0 Å². The number of H-pyrrole nitrogens is 1. The normalized spacial score (nSPS) is 24.2. The van der Waals surface area contributed by atoms with Crippen molar-refractivity contribution in [3.8, 4) is 0 Å². The van der Waals surface area contributed by atoms with Crippen molar-refractivity contribution in [3.63, 3.8) is 0 Å². The third kappa shape index (κ3) is 1.39. The number of nitrogens with one attached hydrogen (secondary N) is 2. The fourth-order valence-electron chi connectivity index (χ4n) is 1.12. The first kappa shape index (κ1) is 7.51. The van der Waals surface area contributed by atoms with Crippen molar-refractivity contribution < 1.29 is 9.26 Å². The first-order valence-electron chi connectivity index (χ1n) is 3.74. The SMILES string of the molecule is O=c1[nH]c(C2CNCCO2)no1. The molecule has 1 unspecified atom stereocenters. The number of ether oxygens (including phenoxy) is 1. The molecule has 6 heteroatoms. The third-order valence-electron chi connectivity index (χ3n) is 1.69. The largest absolute Gasteiger partial charge is 0.438 e. The Morgan fingerprint density at radius 2 is 2.50 bits per heavy atom. The molecule has 0 aliphatic carbocycles. The molecular formula is C6H9N3O3. The van der Waals surface area contributed by atoms with Crippen molar-refractivity contribution in [3.05, 3.63) is 16.4 Å². The molecule has 66 valence electrons. The van der Waals surface area contributed by atoms with E-state index in [4.69, 9.17) is 4.74 Å². The lowest BCUT2D eigenvalue weighted by Crippen LogP contribution is -2.34. The molecule has 0 amide bonds. The fourth-order valence-corrected chi connectivity index (χ4v) is 1.12. The van der Waals surface area contributed by atoms with Crippen molar-refractivity contribution in [2.45, 2.75) is 6.10 Å². The minimum atomic E-state index is -0.542. The number of nitrogens with zero attached hydrogens (tertiary/aromatic N) is 1. The second-order valence-corrected chi connectivity index (χ2v) is 2.54. The van der Waals surface area contributed by atoms with Crippen LogP contribution in [-0.2, 0) is 4.74 Å². The van der Waals surface area contributed by atoms with Crippen molar-refractivity contribution in [2.24, 2.45) is 0 Å². The molecule has 0 saturated carbocycles. The van der Waals surface area contributed by atoms with Gasteiger partial charge in [-0.2, -0.15) is 0 Å². The third-order valence-corrected chi connectivity index (χ3v) is 1.69. The predicted octanol–water partition coefficient (Wildman–Crippen LogP) is -0.976. The molecule has 6 nitrogen and oxygen atoms in total. The molecule has 0 bridgehead atoms. The molecule has 1 atom stereocenters. The van der Waals surface area contributed by atoms with E-state index < -0.39 is 5.76 Å². The summed E-state index contributed by atoms with van der Waals surface area (Å²) in [4.78, 5) is 13.0. The molecule has 1 saturated heterocycles. The van der Waals surface area contributed by atoms with Gasteiger partial charge >= 0.3 is 5.76 Å². The predicted molar refractivity (Wildman–Crippen MR) is 38.7 cm³/mol. The molecule has 12 heavy (non-hydrogen) atoms. The summed E-state index contributed by atoms with van der Waals surface area (Å²) in [6.45, 7) is 2.11. The Bertz CT molecular complexity index is 299. The van der Waals surface area contributed by atoms with Crippen LogP contribution in [0.1, 0.15) is 11.9 Å². The van der Waals surface area contributed by atoms with E-state index in [-0.39, 0.29) is 6.10 Å². The first-order valence-corrected chi connectivity index (χ1v) is 3.74. The fraction of sp³-hybridized carbons (Fsp3) is 0.667. The number of rotatable bonds is 1. The van der Waals surface area contributed by atoms with E-state index in [2.05, 4.69) is 20.0 Å². The van der Waals surface area contributed by atoms with Gasteiger partial charge in [-0.15, -0.1) is 0 Å². The quantitative estimate of drug-likeness (QED) is 0.568. The van der Waals surface area contributed by atoms with Gasteiger partial charge in [0.1, 0.15) is 6.10 Å². The number of aromatic nitrogens is 2. The van der Waals surface area contributed by atoms with Crippen LogP contribution in [-0.4, -0.2) is 29.8 Å². The van der Waals surface area contributed by atoms with Crippen molar-refractivity contribution in [1.29, 1.82) is 0 Å². The van der Waals surface area contributed by atoms with Crippen LogP contribution in [0.3, 0.4) is 0 Å². The van der Waals surface area contributed by atoms with Gasteiger partial charge in [-0.3, -0.25) is 9.51 Å². The Kier molecular flexibility index (Phi) is 1.92. The maximum Gasteiger partial charge on any atom is 0.438 e. The van der Waals surface area contributed by atoms with E-state index in [1.165, 1.54) is 0 Å². The molecule has 0 spiro atoms. The average molecular weight is 171 g/mol. The van der Waals surface area contributed by atoms with Gasteiger partial charge in [0.2, 0.25) is 0 Å². The average Bonchev–Trinajstić information content (AvgIpc) is 2.54. The molecule has 1 aromatic rings. The van der Waals surface area contributed by atoms with Crippen LogP contribution < -0.4 is 11.1 Å². The van der Waals surface area contributed by atoms with Crippen LogP contribution in [0.4, 0.5) is 0 Å². The number of aromatic amines is 1. The van der Waals surface area contributed by atoms with Gasteiger partial charge in [-0.05, 0) is 0 Å². The monoisotopic (exact) mass is 171 g/mol.